The fraction of sp³-hybridized carbons (Fsp3) is 0.727. The minimum atomic E-state index is -0.852. The van der Waals surface area contributed by atoms with Crippen molar-refractivity contribution in [1.82, 2.24) is 14.8 Å². The van der Waals surface area contributed by atoms with Crippen molar-refractivity contribution in [3.8, 4) is 0 Å². The summed E-state index contributed by atoms with van der Waals surface area (Å²) >= 11 is 1.21. The van der Waals surface area contributed by atoms with Gasteiger partial charge in [0.1, 0.15) is 0 Å². The average Bonchev–Trinajstić information content (AvgIpc) is 3.17. The summed E-state index contributed by atoms with van der Waals surface area (Å²) in [7, 11) is -0.721. The van der Waals surface area contributed by atoms with Crippen molar-refractivity contribution < 1.29 is 14.1 Å². The van der Waals surface area contributed by atoms with Gasteiger partial charge >= 0.3 is 5.97 Å². The van der Waals surface area contributed by atoms with Crippen molar-refractivity contribution in [2.45, 2.75) is 24.0 Å². The van der Waals surface area contributed by atoms with Crippen LogP contribution in [0.25, 0.3) is 0 Å². The predicted octanol–water partition coefficient (Wildman–Crippen LogP) is 0.358. The summed E-state index contributed by atoms with van der Waals surface area (Å²) in [5, 5.41) is 17.8. The Labute approximate surface area is 123 Å². The molecular formula is C11H16N4O3S2. The quantitative estimate of drug-likeness (QED) is 0.785. The lowest BCUT2D eigenvalue weighted by atomic mass is 10.5. The van der Waals surface area contributed by atoms with Crippen molar-refractivity contribution in [1.29, 1.82) is 0 Å². The summed E-state index contributed by atoms with van der Waals surface area (Å²) in [6.45, 7) is 1.45. The Hall–Kier alpha value is -1.09. The molecular weight excluding hydrogens is 300 g/mol. The van der Waals surface area contributed by atoms with E-state index in [0.717, 1.165) is 31.9 Å². The summed E-state index contributed by atoms with van der Waals surface area (Å²) < 4.78 is 13.5. The molecule has 0 aromatic carbocycles. The van der Waals surface area contributed by atoms with Gasteiger partial charge in [0, 0.05) is 41.4 Å². The van der Waals surface area contributed by atoms with Crippen LogP contribution < -0.4 is 4.90 Å². The number of carbonyl (C=O) groups is 1. The van der Waals surface area contributed by atoms with E-state index in [-0.39, 0.29) is 5.75 Å². The molecule has 2 heterocycles. The van der Waals surface area contributed by atoms with Crippen LogP contribution in [0.5, 0.6) is 0 Å². The van der Waals surface area contributed by atoms with Crippen molar-refractivity contribution in [3.63, 3.8) is 0 Å². The molecule has 0 bridgehead atoms. The summed E-state index contributed by atoms with van der Waals surface area (Å²) in [6.07, 6.45) is 2.18. The lowest BCUT2D eigenvalue weighted by molar-refractivity contribution is -0.133. The number of hydrogen-bond donors (Lipinski definition) is 1. The van der Waals surface area contributed by atoms with E-state index in [1.165, 1.54) is 11.8 Å². The molecule has 7 nitrogen and oxygen atoms in total. The zero-order chi connectivity index (χ0) is 14.1. The number of aromatic nitrogens is 3. The highest BCUT2D eigenvalue weighted by Crippen LogP contribution is 2.41. The normalized spacial score (nSPS) is 20.3. The van der Waals surface area contributed by atoms with E-state index in [4.69, 9.17) is 5.11 Å². The molecule has 110 valence electrons. The highest BCUT2D eigenvalue weighted by atomic mass is 32.2. The predicted molar refractivity (Wildman–Crippen MR) is 76.7 cm³/mol. The Morgan fingerprint density at radius 1 is 1.35 bits per heavy atom. The highest BCUT2D eigenvalue weighted by Gasteiger charge is 2.32. The Bertz CT molecular complexity index is 534. The third-order valence-corrected chi connectivity index (χ3v) is 5.55. The van der Waals surface area contributed by atoms with Gasteiger partial charge in [0.15, 0.2) is 5.16 Å². The average molecular weight is 316 g/mol. The van der Waals surface area contributed by atoms with Crippen LogP contribution >= 0.6 is 11.8 Å². The van der Waals surface area contributed by atoms with Gasteiger partial charge in [0.2, 0.25) is 5.95 Å². The first kappa shape index (κ1) is 13.9. The molecule has 1 aromatic heterocycles. The first-order valence-electron chi connectivity index (χ1n) is 6.54. The molecule has 20 heavy (non-hydrogen) atoms. The number of nitrogens with zero attached hydrogens (tertiary/aromatic N) is 4. The zero-order valence-electron chi connectivity index (χ0n) is 10.9. The molecule has 1 saturated heterocycles. The van der Waals surface area contributed by atoms with E-state index < -0.39 is 16.8 Å². The van der Waals surface area contributed by atoms with Crippen LogP contribution in [0.2, 0.25) is 0 Å². The maximum Gasteiger partial charge on any atom is 0.313 e. The van der Waals surface area contributed by atoms with E-state index in [9.17, 15) is 9.00 Å². The molecule has 0 atom stereocenters. The van der Waals surface area contributed by atoms with Gasteiger partial charge in [-0.05, 0) is 12.8 Å². The molecule has 9 heteroatoms. The molecule has 0 unspecified atom stereocenters. The molecule has 1 aromatic rings. The monoisotopic (exact) mass is 316 g/mol. The number of anilines is 1. The third kappa shape index (κ3) is 2.98. The zero-order valence-corrected chi connectivity index (χ0v) is 12.5. The highest BCUT2D eigenvalue weighted by molar-refractivity contribution is 7.99. The minimum Gasteiger partial charge on any atom is -0.481 e. The third-order valence-electron chi connectivity index (χ3n) is 3.34. The van der Waals surface area contributed by atoms with E-state index in [0.29, 0.717) is 22.7 Å². The number of thioether (sulfide) groups is 1. The molecule has 0 amide bonds. The first-order chi connectivity index (χ1) is 9.65. The van der Waals surface area contributed by atoms with E-state index in [1.807, 2.05) is 0 Å². The molecule has 0 radical (unpaired) electrons. The van der Waals surface area contributed by atoms with E-state index in [2.05, 4.69) is 19.7 Å². The van der Waals surface area contributed by atoms with Crippen molar-refractivity contribution in [3.05, 3.63) is 0 Å². The fourth-order valence-corrected chi connectivity index (χ4v) is 3.97. The first-order valence-corrected chi connectivity index (χ1v) is 9.02. The van der Waals surface area contributed by atoms with Crippen molar-refractivity contribution in [2.75, 3.05) is 35.2 Å². The summed E-state index contributed by atoms with van der Waals surface area (Å²) in [4.78, 5) is 12.8. The maximum absolute atomic E-state index is 11.4. The number of aliphatic carboxylic acids is 1. The van der Waals surface area contributed by atoms with Crippen LogP contribution in [0, 0.1) is 0 Å². The fourth-order valence-electron chi connectivity index (χ4n) is 2.20. The molecule has 1 aliphatic carbocycles. The van der Waals surface area contributed by atoms with E-state index in [1.54, 1.807) is 0 Å². The maximum atomic E-state index is 11.4. The van der Waals surface area contributed by atoms with Crippen LogP contribution in [0.3, 0.4) is 0 Å². The second kappa shape index (κ2) is 5.72. The lowest BCUT2D eigenvalue weighted by Crippen LogP contribution is -2.39. The molecule has 1 N–H and O–H groups in total. The Kier molecular flexibility index (Phi) is 3.97. The number of rotatable bonds is 5. The number of carboxylic acid groups (broad SMARTS) is 1. The number of carboxylic acids is 1. The topological polar surface area (TPSA) is 88.3 Å². The summed E-state index contributed by atoms with van der Waals surface area (Å²) in [6, 6.07) is 0.392. The van der Waals surface area contributed by atoms with Gasteiger partial charge in [-0.15, -0.1) is 10.2 Å². The van der Waals surface area contributed by atoms with Gasteiger partial charge in [-0.3, -0.25) is 13.6 Å². The standard InChI is InChI=1S/C11H16N4O3S2/c16-9(17)7-19-11-13-12-10(15(11)8-1-2-8)14-3-5-20(18)6-4-14/h8H,1-7H2,(H,16,17). The van der Waals surface area contributed by atoms with Crippen molar-refractivity contribution >= 4 is 34.5 Å². The van der Waals surface area contributed by atoms with Gasteiger partial charge in [-0.2, -0.15) is 0 Å². The van der Waals surface area contributed by atoms with Gasteiger partial charge in [-0.25, -0.2) is 0 Å². The van der Waals surface area contributed by atoms with Crippen LogP contribution in [0.15, 0.2) is 5.16 Å². The van der Waals surface area contributed by atoms with Gasteiger partial charge in [0.25, 0.3) is 0 Å². The van der Waals surface area contributed by atoms with Crippen LogP contribution in [-0.2, 0) is 15.6 Å². The lowest BCUT2D eigenvalue weighted by Gasteiger charge is -2.27. The SMILES string of the molecule is O=C(O)CSc1nnc(N2CCS(=O)CC2)n1C1CC1. The van der Waals surface area contributed by atoms with Gasteiger partial charge < -0.3 is 10.0 Å². The Balaban J connectivity index is 1.80. The Morgan fingerprint density at radius 2 is 2.05 bits per heavy atom. The molecule has 1 saturated carbocycles. The minimum absolute atomic E-state index is 0.00509. The Morgan fingerprint density at radius 3 is 2.65 bits per heavy atom. The molecule has 2 fully saturated rings. The largest absolute Gasteiger partial charge is 0.481 e. The second-order valence-electron chi connectivity index (χ2n) is 4.90. The van der Waals surface area contributed by atoms with Crippen LogP contribution in [0.4, 0.5) is 5.95 Å². The van der Waals surface area contributed by atoms with Gasteiger partial charge in [0.05, 0.1) is 5.75 Å². The molecule has 2 aliphatic rings. The van der Waals surface area contributed by atoms with Crippen LogP contribution in [-0.4, -0.2) is 60.4 Å². The summed E-state index contributed by atoms with van der Waals surface area (Å²) in [5.41, 5.74) is 0. The summed E-state index contributed by atoms with van der Waals surface area (Å²) in [5.74, 6) is 1.27. The molecule has 0 spiro atoms. The molecule has 1 aliphatic heterocycles. The van der Waals surface area contributed by atoms with Gasteiger partial charge in [-0.1, -0.05) is 11.8 Å². The van der Waals surface area contributed by atoms with Crippen LogP contribution in [0.1, 0.15) is 18.9 Å². The second-order valence-corrected chi connectivity index (χ2v) is 7.54. The number of hydrogen-bond acceptors (Lipinski definition) is 6. The van der Waals surface area contributed by atoms with E-state index >= 15 is 0 Å². The van der Waals surface area contributed by atoms with Crippen molar-refractivity contribution in [2.24, 2.45) is 0 Å². The smallest absolute Gasteiger partial charge is 0.313 e. The molecule has 3 rings (SSSR count).